The summed E-state index contributed by atoms with van der Waals surface area (Å²) in [5.74, 6) is -2.85. The van der Waals surface area contributed by atoms with Crippen molar-refractivity contribution in [1.29, 1.82) is 0 Å². The lowest BCUT2D eigenvalue weighted by Crippen LogP contribution is -2.32. The van der Waals surface area contributed by atoms with Crippen molar-refractivity contribution in [2.75, 3.05) is 35.5 Å². The molecular weight excluding hydrogens is 412 g/mol. The lowest BCUT2D eigenvalue weighted by atomic mass is 9.79. The van der Waals surface area contributed by atoms with E-state index in [9.17, 15) is 19.7 Å². The van der Waals surface area contributed by atoms with Gasteiger partial charge in [-0.3, -0.25) is 10.1 Å². The Labute approximate surface area is 178 Å². The van der Waals surface area contributed by atoms with Crippen molar-refractivity contribution in [3.05, 3.63) is 44.3 Å². The second-order valence-corrected chi connectivity index (χ2v) is 6.46. The highest BCUT2D eigenvalue weighted by molar-refractivity contribution is 6.00. The number of allylic oxidation sites excluding steroid dienone is 2. The summed E-state index contributed by atoms with van der Waals surface area (Å²) in [5, 5.41) is 15.1. The van der Waals surface area contributed by atoms with E-state index >= 15 is 0 Å². The number of carbonyl (C=O) groups excluding carboxylic acids is 2. The molecule has 31 heavy (non-hydrogen) atoms. The van der Waals surface area contributed by atoms with Crippen LogP contribution in [0.3, 0.4) is 0 Å². The summed E-state index contributed by atoms with van der Waals surface area (Å²) in [6.07, 6.45) is 0. The van der Waals surface area contributed by atoms with Crippen LogP contribution >= 0.6 is 0 Å². The maximum Gasteiger partial charge on any atom is 0.336 e. The summed E-state index contributed by atoms with van der Waals surface area (Å²) >= 11 is 0. The molecule has 1 aliphatic heterocycles. The molecule has 1 N–H and O–H groups in total. The molecule has 0 atom stereocenters. The molecule has 1 aliphatic rings. The fourth-order valence-corrected chi connectivity index (χ4v) is 3.63. The molecule has 11 nitrogen and oxygen atoms in total. The molecule has 0 aromatic heterocycles. The molecule has 0 spiro atoms. The van der Waals surface area contributed by atoms with Crippen LogP contribution in [0.2, 0.25) is 0 Å². The van der Waals surface area contributed by atoms with Crippen molar-refractivity contribution >= 4 is 17.6 Å². The first-order valence-corrected chi connectivity index (χ1v) is 9.00. The molecule has 0 bridgehead atoms. The molecule has 0 saturated heterocycles. The SMILES string of the molecule is COC(=O)C1=C(C)NC(C)=C(C(=O)OC)C1c1cc(OC)c(OC)c(OC)c1[N+](=O)[O-]. The lowest BCUT2D eigenvalue weighted by molar-refractivity contribution is -0.386. The molecule has 1 aromatic carbocycles. The van der Waals surface area contributed by atoms with Crippen molar-refractivity contribution in [3.8, 4) is 17.2 Å². The second kappa shape index (κ2) is 9.37. The lowest BCUT2D eigenvalue weighted by Gasteiger charge is -2.30. The Morgan fingerprint density at radius 1 is 0.903 bits per heavy atom. The molecule has 0 radical (unpaired) electrons. The molecule has 0 fully saturated rings. The first kappa shape index (κ1) is 23.5. The van der Waals surface area contributed by atoms with Gasteiger partial charge in [0.1, 0.15) is 0 Å². The van der Waals surface area contributed by atoms with Gasteiger partial charge in [-0.1, -0.05) is 0 Å². The van der Waals surface area contributed by atoms with Gasteiger partial charge in [0.05, 0.1) is 63.1 Å². The maximum atomic E-state index is 12.7. The van der Waals surface area contributed by atoms with E-state index in [4.69, 9.17) is 23.7 Å². The minimum absolute atomic E-state index is 0.00461. The number of benzene rings is 1. The summed E-state index contributed by atoms with van der Waals surface area (Å²) in [6, 6.07) is 1.34. The van der Waals surface area contributed by atoms with Crippen molar-refractivity contribution in [1.82, 2.24) is 5.32 Å². The third kappa shape index (κ3) is 3.98. The zero-order valence-electron chi connectivity index (χ0n) is 18.3. The summed E-state index contributed by atoms with van der Waals surface area (Å²) in [5.41, 5.74) is 0.225. The predicted molar refractivity (Wildman–Crippen MR) is 108 cm³/mol. The van der Waals surface area contributed by atoms with E-state index in [1.165, 1.54) is 41.6 Å². The van der Waals surface area contributed by atoms with Crippen molar-refractivity contribution in [3.63, 3.8) is 0 Å². The predicted octanol–water partition coefficient (Wildman–Crippen LogP) is 2.20. The van der Waals surface area contributed by atoms with Crippen LogP contribution < -0.4 is 19.5 Å². The first-order chi connectivity index (χ1) is 14.7. The quantitative estimate of drug-likeness (QED) is 0.385. The Morgan fingerprint density at radius 2 is 1.39 bits per heavy atom. The number of methoxy groups -OCH3 is 5. The van der Waals surface area contributed by atoms with Gasteiger partial charge < -0.3 is 29.0 Å². The average Bonchev–Trinajstić information content (AvgIpc) is 2.75. The third-order valence-corrected chi connectivity index (χ3v) is 4.90. The number of hydrogen-bond donors (Lipinski definition) is 1. The maximum absolute atomic E-state index is 12.7. The molecule has 1 aromatic rings. The number of nitrogens with zero attached hydrogens (tertiary/aromatic N) is 1. The number of hydrogen-bond acceptors (Lipinski definition) is 10. The van der Waals surface area contributed by atoms with Gasteiger partial charge >= 0.3 is 17.6 Å². The molecule has 11 heteroatoms. The van der Waals surface area contributed by atoms with Gasteiger partial charge in [-0.25, -0.2) is 9.59 Å². The highest BCUT2D eigenvalue weighted by Crippen LogP contribution is 2.52. The fourth-order valence-electron chi connectivity index (χ4n) is 3.63. The fraction of sp³-hybridized carbons (Fsp3) is 0.400. The van der Waals surface area contributed by atoms with E-state index in [-0.39, 0.29) is 34.0 Å². The van der Waals surface area contributed by atoms with E-state index in [0.29, 0.717) is 11.4 Å². The Bertz CT molecular complexity index is 957. The van der Waals surface area contributed by atoms with Crippen LogP contribution in [0.4, 0.5) is 5.69 Å². The third-order valence-electron chi connectivity index (χ3n) is 4.90. The standard InChI is InChI=1S/C20H24N2O9/c1-9-13(19(23)30-6)15(14(10(2)21-9)20(24)31-7)11-8-12(27-3)17(28-4)18(29-5)16(11)22(25)26/h8,15,21H,1-7H3. The van der Waals surface area contributed by atoms with Crippen molar-refractivity contribution in [2.45, 2.75) is 19.8 Å². The Hall–Kier alpha value is -3.76. The van der Waals surface area contributed by atoms with Crippen molar-refractivity contribution in [2.24, 2.45) is 0 Å². The summed E-state index contributed by atoms with van der Waals surface area (Å²) in [6.45, 7) is 3.20. The number of nitro groups is 1. The number of dihydropyridines is 1. The summed E-state index contributed by atoms with van der Waals surface area (Å²) in [4.78, 5) is 36.8. The Kier molecular flexibility index (Phi) is 7.11. The Morgan fingerprint density at radius 3 is 1.74 bits per heavy atom. The van der Waals surface area contributed by atoms with Gasteiger partial charge in [-0.2, -0.15) is 0 Å². The zero-order valence-corrected chi connectivity index (χ0v) is 18.3. The second-order valence-electron chi connectivity index (χ2n) is 6.46. The number of nitrogens with one attached hydrogen (secondary N) is 1. The van der Waals surface area contributed by atoms with Crippen LogP contribution in [0, 0.1) is 10.1 Å². The van der Waals surface area contributed by atoms with Crippen LogP contribution in [0.25, 0.3) is 0 Å². The summed E-state index contributed by atoms with van der Waals surface area (Å²) in [7, 11) is 6.24. The summed E-state index contributed by atoms with van der Waals surface area (Å²) < 4.78 is 25.7. The smallest absolute Gasteiger partial charge is 0.336 e. The van der Waals surface area contributed by atoms with Gasteiger partial charge in [-0.15, -0.1) is 0 Å². The minimum Gasteiger partial charge on any atom is -0.493 e. The monoisotopic (exact) mass is 436 g/mol. The minimum atomic E-state index is -1.20. The highest BCUT2D eigenvalue weighted by Gasteiger charge is 2.43. The molecule has 2 rings (SSSR count). The van der Waals surface area contributed by atoms with E-state index in [1.807, 2.05) is 0 Å². The van der Waals surface area contributed by atoms with E-state index in [0.717, 1.165) is 0 Å². The molecule has 0 amide bonds. The van der Waals surface area contributed by atoms with E-state index in [2.05, 4.69) is 5.32 Å². The van der Waals surface area contributed by atoms with Crippen LogP contribution in [0.5, 0.6) is 17.2 Å². The highest BCUT2D eigenvalue weighted by atomic mass is 16.6. The van der Waals surface area contributed by atoms with E-state index in [1.54, 1.807) is 13.8 Å². The van der Waals surface area contributed by atoms with Crippen LogP contribution in [-0.4, -0.2) is 52.4 Å². The number of esters is 2. The normalized spacial score (nSPS) is 14.0. The Balaban J connectivity index is 3.05. The van der Waals surface area contributed by atoms with Gasteiger partial charge in [0, 0.05) is 11.4 Å². The van der Waals surface area contributed by atoms with Gasteiger partial charge in [-0.05, 0) is 19.9 Å². The topological polar surface area (TPSA) is 135 Å². The number of nitro benzene ring substituents is 1. The van der Waals surface area contributed by atoms with Crippen LogP contribution in [0.1, 0.15) is 25.3 Å². The van der Waals surface area contributed by atoms with Gasteiger partial charge in [0.2, 0.25) is 11.5 Å². The van der Waals surface area contributed by atoms with Gasteiger partial charge in [0.15, 0.2) is 5.75 Å². The number of carbonyl (C=O) groups is 2. The zero-order chi connectivity index (χ0) is 23.5. The molecule has 1 heterocycles. The number of rotatable bonds is 7. The van der Waals surface area contributed by atoms with Crippen LogP contribution in [-0.2, 0) is 19.1 Å². The largest absolute Gasteiger partial charge is 0.493 e. The van der Waals surface area contributed by atoms with E-state index < -0.39 is 28.5 Å². The number of ether oxygens (including phenoxy) is 5. The first-order valence-electron chi connectivity index (χ1n) is 9.00. The molecular formula is C20H24N2O9. The van der Waals surface area contributed by atoms with Crippen LogP contribution in [0.15, 0.2) is 28.6 Å². The molecule has 0 unspecified atom stereocenters. The van der Waals surface area contributed by atoms with Crippen molar-refractivity contribution < 1.29 is 38.2 Å². The average molecular weight is 436 g/mol. The molecule has 168 valence electrons. The van der Waals surface area contributed by atoms with Gasteiger partial charge in [0.25, 0.3) is 0 Å². The molecule has 0 saturated carbocycles. The molecule has 0 aliphatic carbocycles.